The first-order valence-corrected chi connectivity index (χ1v) is 17.8. The van der Waals surface area contributed by atoms with E-state index in [4.69, 9.17) is 19.0 Å². The van der Waals surface area contributed by atoms with Crippen molar-refractivity contribution in [1.29, 1.82) is 0 Å². The Morgan fingerprint density at radius 1 is 1.13 bits per heavy atom. The highest BCUT2D eigenvalue weighted by Crippen LogP contribution is 2.40. The average molecular weight is 574 g/mol. The quantitative estimate of drug-likeness (QED) is 0.307. The highest BCUT2D eigenvalue weighted by molar-refractivity contribution is 7.71. The van der Waals surface area contributed by atoms with E-state index >= 15 is 0 Å². The minimum atomic E-state index is -2.69. The van der Waals surface area contributed by atoms with Gasteiger partial charge in [-0.1, -0.05) is 20.8 Å². The molecule has 212 valence electrons. The summed E-state index contributed by atoms with van der Waals surface area (Å²) in [6.45, 7) is 13.2. The van der Waals surface area contributed by atoms with Crippen molar-refractivity contribution >= 4 is 35.7 Å². The summed E-state index contributed by atoms with van der Waals surface area (Å²) in [7, 11) is -3.08. The summed E-state index contributed by atoms with van der Waals surface area (Å²) in [5.41, 5.74) is 2.17. The largest absolute Gasteiger partial charge is 0.543 e. The topological polar surface area (TPSA) is 109 Å². The number of aromatic nitrogens is 4. The van der Waals surface area contributed by atoms with Gasteiger partial charge in [0.15, 0.2) is 6.23 Å². The summed E-state index contributed by atoms with van der Waals surface area (Å²) < 4.78 is 43.4. The van der Waals surface area contributed by atoms with Crippen LogP contribution in [0.4, 0.5) is 5.82 Å². The normalized spacial score (nSPS) is 19.1. The van der Waals surface area contributed by atoms with Crippen LogP contribution in [0.15, 0.2) is 24.3 Å². The van der Waals surface area contributed by atoms with Crippen LogP contribution in [0.25, 0.3) is 22.3 Å². The molecule has 0 N–H and O–H groups in total. The minimum Gasteiger partial charge on any atom is -0.543 e. The molecule has 10 nitrogen and oxygen atoms in total. The van der Waals surface area contributed by atoms with Gasteiger partial charge in [0.1, 0.15) is 39.5 Å². The lowest BCUT2D eigenvalue weighted by Gasteiger charge is -2.39. The van der Waals surface area contributed by atoms with Crippen molar-refractivity contribution in [2.45, 2.75) is 76.3 Å². The molecule has 39 heavy (non-hydrogen) atoms. The number of hydrogen-bond donors (Lipinski definition) is 1. The van der Waals surface area contributed by atoms with Crippen LogP contribution in [0.5, 0.6) is 5.75 Å². The SMILES string of the molecule is COC1CN(c2cc(-c3nn(C4CCCCO4)c4ccc(O[Si](C)(C)C(C)(C)C)cc34)nc(C[SH](=O)=O)n2)C1. The van der Waals surface area contributed by atoms with Gasteiger partial charge in [-0.25, -0.2) is 23.1 Å². The van der Waals surface area contributed by atoms with Crippen LogP contribution in [-0.4, -0.2) is 69.4 Å². The fraction of sp³-hybridized carbons (Fsp3) is 0.593. The molecule has 0 amide bonds. The van der Waals surface area contributed by atoms with Gasteiger partial charge in [0.25, 0.3) is 0 Å². The molecule has 2 fully saturated rings. The van der Waals surface area contributed by atoms with Crippen molar-refractivity contribution in [2.75, 3.05) is 31.7 Å². The minimum absolute atomic E-state index is 0.0493. The predicted octanol–water partition coefficient (Wildman–Crippen LogP) is 4.52. The molecule has 0 saturated carbocycles. The van der Waals surface area contributed by atoms with Crippen LogP contribution in [-0.2, 0) is 25.9 Å². The van der Waals surface area contributed by atoms with E-state index in [2.05, 4.69) is 48.7 Å². The lowest BCUT2D eigenvalue weighted by atomic mass is 10.1. The lowest BCUT2D eigenvalue weighted by molar-refractivity contribution is -0.0365. The molecule has 0 spiro atoms. The second-order valence-corrected chi connectivity index (χ2v) is 17.6. The van der Waals surface area contributed by atoms with E-state index in [0.29, 0.717) is 36.9 Å². The Bertz CT molecular complexity index is 1410. The lowest BCUT2D eigenvalue weighted by Crippen LogP contribution is -2.52. The summed E-state index contributed by atoms with van der Waals surface area (Å²) in [6.07, 6.45) is 2.94. The second kappa shape index (κ2) is 10.8. The summed E-state index contributed by atoms with van der Waals surface area (Å²) in [5, 5.41) is 5.97. The summed E-state index contributed by atoms with van der Waals surface area (Å²) >= 11 is 0. The maximum Gasteiger partial charge on any atom is 0.250 e. The van der Waals surface area contributed by atoms with E-state index in [1.54, 1.807) is 7.11 Å². The van der Waals surface area contributed by atoms with Crippen molar-refractivity contribution < 1.29 is 22.3 Å². The number of benzene rings is 1. The molecular weight excluding hydrogens is 534 g/mol. The van der Waals surface area contributed by atoms with E-state index in [0.717, 1.165) is 35.9 Å². The van der Waals surface area contributed by atoms with Crippen LogP contribution in [0.1, 0.15) is 52.1 Å². The zero-order valence-electron chi connectivity index (χ0n) is 23.6. The van der Waals surface area contributed by atoms with E-state index in [9.17, 15) is 8.42 Å². The Morgan fingerprint density at radius 3 is 2.54 bits per heavy atom. The van der Waals surface area contributed by atoms with Gasteiger partial charge in [0.05, 0.1) is 17.3 Å². The number of anilines is 1. The van der Waals surface area contributed by atoms with Crippen molar-refractivity contribution in [3.63, 3.8) is 0 Å². The third-order valence-electron chi connectivity index (χ3n) is 8.06. The summed E-state index contributed by atoms with van der Waals surface area (Å²) in [4.78, 5) is 11.3. The Balaban J connectivity index is 1.64. The third-order valence-corrected chi connectivity index (χ3v) is 13.0. The number of ether oxygens (including phenoxy) is 2. The summed E-state index contributed by atoms with van der Waals surface area (Å²) in [5.74, 6) is 1.49. The Morgan fingerprint density at radius 2 is 1.90 bits per heavy atom. The number of nitrogens with zero attached hydrogens (tertiary/aromatic N) is 5. The van der Waals surface area contributed by atoms with Gasteiger partial charge in [0, 0.05) is 38.3 Å². The van der Waals surface area contributed by atoms with E-state index < -0.39 is 19.0 Å². The molecule has 3 aromatic rings. The first-order chi connectivity index (χ1) is 18.4. The molecule has 4 heterocycles. The molecule has 2 aliphatic heterocycles. The molecule has 2 saturated heterocycles. The maximum atomic E-state index is 11.6. The fourth-order valence-electron chi connectivity index (χ4n) is 4.68. The number of methoxy groups -OCH3 is 1. The number of rotatable bonds is 8. The van der Waals surface area contributed by atoms with Crippen molar-refractivity contribution in [1.82, 2.24) is 19.7 Å². The van der Waals surface area contributed by atoms with Crippen molar-refractivity contribution in [2.24, 2.45) is 0 Å². The number of thiol groups is 1. The predicted molar refractivity (Wildman–Crippen MR) is 154 cm³/mol. The van der Waals surface area contributed by atoms with Crippen molar-refractivity contribution in [3.8, 4) is 17.1 Å². The summed E-state index contributed by atoms with van der Waals surface area (Å²) in [6, 6.07) is 7.99. The standard InChI is InChI=1S/C27H39N5O5SSi/c1-27(2,3)39(5,6)37-18-10-11-22-20(13-18)26(30-32(22)25-9-7-8-12-36-25)21-14-24(31-15-19(16-31)35-4)29-23(28-21)17-38(33)34/h10-11,13-14,19,25,38H,7-9,12,15-17H2,1-6H3. The molecule has 0 radical (unpaired) electrons. The number of hydrogen-bond acceptors (Lipinski definition) is 9. The van der Waals surface area contributed by atoms with Gasteiger partial charge in [-0.15, -0.1) is 0 Å². The van der Waals surface area contributed by atoms with Gasteiger partial charge < -0.3 is 18.8 Å². The first-order valence-electron chi connectivity index (χ1n) is 13.6. The molecule has 2 aromatic heterocycles. The van der Waals surface area contributed by atoms with E-state index in [1.165, 1.54) is 0 Å². The fourth-order valence-corrected chi connectivity index (χ4v) is 6.08. The molecule has 0 aliphatic carbocycles. The Kier molecular flexibility index (Phi) is 7.75. The maximum absolute atomic E-state index is 11.6. The zero-order valence-corrected chi connectivity index (χ0v) is 25.5. The molecule has 5 rings (SSSR count). The van der Waals surface area contributed by atoms with Gasteiger partial charge in [-0.2, -0.15) is 5.10 Å². The zero-order chi connectivity index (χ0) is 27.9. The van der Waals surface area contributed by atoms with Crippen LogP contribution in [0, 0.1) is 0 Å². The van der Waals surface area contributed by atoms with Crippen LogP contribution >= 0.6 is 0 Å². The molecule has 0 bridgehead atoms. The molecule has 12 heteroatoms. The van der Waals surface area contributed by atoms with Crippen LogP contribution in [0.2, 0.25) is 18.1 Å². The van der Waals surface area contributed by atoms with E-state index in [-0.39, 0.29) is 28.9 Å². The first kappa shape index (κ1) is 28.0. The third kappa shape index (κ3) is 5.84. The molecular formula is C27H39N5O5SSi. The highest BCUT2D eigenvalue weighted by atomic mass is 32.2. The van der Waals surface area contributed by atoms with Crippen molar-refractivity contribution in [3.05, 3.63) is 30.1 Å². The molecule has 2 aliphatic rings. The van der Waals surface area contributed by atoms with Crippen LogP contribution < -0.4 is 9.33 Å². The Hall–Kier alpha value is -2.54. The highest BCUT2D eigenvalue weighted by Gasteiger charge is 2.39. The second-order valence-electron chi connectivity index (χ2n) is 11.9. The molecule has 1 unspecified atom stereocenters. The van der Waals surface area contributed by atoms with Gasteiger partial charge in [0.2, 0.25) is 8.32 Å². The smallest absolute Gasteiger partial charge is 0.250 e. The van der Waals surface area contributed by atoms with Gasteiger partial charge in [-0.05, 0) is 55.6 Å². The van der Waals surface area contributed by atoms with Gasteiger partial charge in [-0.3, -0.25) is 0 Å². The van der Waals surface area contributed by atoms with Gasteiger partial charge >= 0.3 is 0 Å². The van der Waals surface area contributed by atoms with E-state index in [1.807, 2.05) is 28.9 Å². The van der Waals surface area contributed by atoms with Crippen LogP contribution in [0.3, 0.4) is 0 Å². The average Bonchev–Trinajstić information content (AvgIpc) is 3.21. The number of fused-ring (bicyclic) bond motifs is 1. The Labute approximate surface area is 232 Å². The molecule has 1 aromatic carbocycles. The monoisotopic (exact) mass is 573 g/mol. The molecule has 1 atom stereocenters.